The molecule has 0 spiro atoms. The summed E-state index contributed by atoms with van der Waals surface area (Å²) < 4.78 is 11.0. The first-order valence-corrected chi connectivity index (χ1v) is 11.8. The molecule has 7 heteroatoms. The van der Waals surface area contributed by atoms with Gasteiger partial charge in [0.25, 0.3) is 0 Å². The van der Waals surface area contributed by atoms with Crippen LogP contribution in [-0.2, 0) is 9.53 Å². The second-order valence-corrected chi connectivity index (χ2v) is 8.49. The van der Waals surface area contributed by atoms with E-state index in [-0.39, 0.29) is 24.9 Å². The summed E-state index contributed by atoms with van der Waals surface area (Å²) in [5.41, 5.74) is 1.20. The molecule has 0 fully saturated rings. The number of aliphatic hydroxyl groups excluding tert-OH is 3. The predicted molar refractivity (Wildman–Crippen MR) is 127 cm³/mol. The van der Waals surface area contributed by atoms with Gasteiger partial charge in [-0.15, -0.1) is 0 Å². The lowest BCUT2D eigenvalue weighted by molar-refractivity contribution is -0.147. The standard InChI is InChI=1S/C26H37NO6/c1-4-5-7-13-22(30)25-23(33-26(27-25)19-11-8-6-9-12-19)17-16-21(29)20(28)14-10-15-24(31)32-18(2)3/h6,8-9,11-12,16-18,20-22,28-30H,4-5,7,10,13-15H2,1-3H3/b17-16+/t20-,21+,22-/m0/s1. The zero-order valence-electron chi connectivity index (χ0n) is 19.8. The van der Waals surface area contributed by atoms with Gasteiger partial charge in [-0.3, -0.25) is 4.79 Å². The monoisotopic (exact) mass is 459 g/mol. The highest BCUT2D eigenvalue weighted by Gasteiger charge is 2.21. The molecule has 0 bridgehead atoms. The number of hydrogen-bond acceptors (Lipinski definition) is 7. The average molecular weight is 460 g/mol. The van der Waals surface area contributed by atoms with Crippen molar-refractivity contribution in [2.75, 3.05) is 0 Å². The van der Waals surface area contributed by atoms with Gasteiger partial charge in [0.2, 0.25) is 5.89 Å². The van der Waals surface area contributed by atoms with Crippen molar-refractivity contribution in [3.63, 3.8) is 0 Å². The third-order valence-corrected chi connectivity index (χ3v) is 5.19. The second-order valence-electron chi connectivity index (χ2n) is 8.49. The average Bonchev–Trinajstić information content (AvgIpc) is 3.22. The molecule has 1 aromatic heterocycles. The molecule has 2 aromatic rings. The Hall–Kier alpha value is -2.48. The second kappa shape index (κ2) is 13.9. The maximum absolute atomic E-state index is 11.6. The molecular formula is C26H37NO6. The van der Waals surface area contributed by atoms with E-state index in [9.17, 15) is 20.1 Å². The summed E-state index contributed by atoms with van der Waals surface area (Å²) in [6.07, 6.45) is 4.14. The van der Waals surface area contributed by atoms with Gasteiger partial charge in [0.15, 0.2) is 5.76 Å². The van der Waals surface area contributed by atoms with Crippen molar-refractivity contribution in [1.82, 2.24) is 4.98 Å². The molecule has 0 aliphatic heterocycles. The van der Waals surface area contributed by atoms with Gasteiger partial charge in [-0.05, 0) is 57.4 Å². The quantitative estimate of drug-likeness (QED) is 0.274. The molecule has 2 rings (SSSR count). The number of benzene rings is 1. The van der Waals surface area contributed by atoms with Gasteiger partial charge >= 0.3 is 5.97 Å². The lowest BCUT2D eigenvalue weighted by Gasteiger charge is -2.14. The third kappa shape index (κ3) is 9.12. The molecular weight excluding hydrogens is 422 g/mol. The number of carbonyl (C=O) groups excluding carboxylic acids is 1. The number of hydrogen-bond donors (Lipinski definition) is 3. The van der Waals surface area contributed by atoms with Crippen LogP contribution in [-0.4, -0.2) is 44.6 Å². The molecule has 0 saturated heterocycles. The number of aromatic nitrogens is 1. The SMILES string of the molecule is CCCCC[C@H](O)c1nc(-c2ccccc2)oc1/C=C/[C@@H](O)[C@@H](O)CCCC(=O)OC(C)C. The van der Waals surface area contributed by atoms with Gasteiger partial charge in [-0.2, -0.15) is 0 Å². The van der Waals surface area contributed by atoms with Gasteiger partial charge in [0.1, 0.15) is 5.69 Å². The van der Waals surface area contributed by atoms with Crippen LogP contribution in [0.15, 0.2) is 40.8 Å². The summed E-state index contributed by atoms with van der Waals surface area (Å²) in [4.78, 5) is 16.1. The molecule has 3 N–H and O–H groups in total. The molecule has 182 valence electrons. The van der Waals surface area contributed by atoms with E-state index >= 15 is 0 Å². The van der Waals surface area contributed by atoms with E-state index in [0.717, 1.165) is 24.8 Å². The van der Waals surface area contributed by atoms with Crippen molar-refractivity contribution >= 4 is 12.0 Å². The topological polar surface area (TPSA) is 113 Å². The van der Waals surface area contributed by atoms with Crippen molar-refractivity contribution in [2.24, 2.45) is 0 Å². The van der Waals surface area contributed by atoms with Crippen LogP contribution in [0.25, 0.3) is 17.5 Å². The Labute approximate surface area is 196 Å². The highest BCUT2D eigenvalue weighted by Crippen LogP contribution is 2.29. The van der Waals surface area contributed by atoms with Crippen LogP contribution in [0.1, 0.15) is 83.3 Å². The van der Waals surface area contributed by atoms with Crippen LogP contribution in [0.4, 0.5) is 0 Å². The van der Waals surface area contributed by atoms with Crippen molar-refractivity contribution in [2.45, 2.75) is 90.1 Å². The maximum Gasteiger partial charge on any atom is 0.306 e. The molecule has 0 radical (unpaired) electrons. The lowest BCUT2D eigenvalue weighted by Crippen LogP contribution is -2.24. The van der Waals surface area contributed by atoms with Gasteiger partial charge < -0.3 is 24.5 Å². The predicted octanol–water partition coefficient (Wildman–Crippen LogP) is 4.81. The van der Waals surface area contributed by atoms with Gasteiger partial charge in [0, 0.05) is 12.0 Å². The van der Waals surface area contributed by atoms with E-state index in [2.05, 4.69) is 11.9 Å². The smallest absolute Gasteiger partial charge is 0.306 e. The van der Waals surface area contributed by atoms with E-state index in [1.165, 1.54) is 6.08 Å². The first-order chi connectivity index (χ1) is 15.8. The van der Waals surface area contributed by atoms with Crippen molar-refractivity contribution in [3.8, 4) is 11.5 Å². The summed E-state index contributed by atoms with van der Waals surface area (Å²) in [6, 6.07) is 9.39. The molecule has 3 atom stereocenters. The van der Waals surface area contributed by atoms with Crippen LogP contribution in [0.2, 0.25) is 0 Å². The Bertz CT molecular complexity index is 861. The summed E-state index contributed by atoms with van der Waals surface area (Å²) >= 11 is 0. The number of esters is 1. The van der Waals surface area contributed by atoms with Gasteiger partial charge in [-0.25, -0.2) is 4.98 Å². The van der Waals surface area contributed by atoms with Crippen LogP contribution >= 0.6 is 0 Å². The van der Waals surface area contributed by atoms with Crippen LogP contribution in [0.3, 0.4) is 0 Å². The fourth-order valence-electron chi connectivity index (χ4n) is 3.39. The van der Waals surface area contributed by atoms with Crippen molar-refractivity contribution in [1.29, 1.82) is 0 Å². The first-order valence-electron chi connectivity index (χ1n) is 11.8. The molecule has 0 aliphatic carbocycles. The number of aliphatic hydroxyl groups is 3. The number of carbonyl (C=O) groups is 1. The highest BCUT2D eigenvalue weighted by atomic mass is 16.5. The number of rotatable bonds is 14. The van der Waals surface area contributed by atoms with Crippen molar-refractivity contribution < 1.29 is 29.3 Å². The zero-order chi connectivity index (χ0) is 24.2. The van der Waals surface area contributed by atoms with Gasteiger partial charge in [0.05, 0.1) is 24.4 Å². The Morgan fingerprint density at radius 3 is 2.48 bits per heavy atom. The first kappa shape index (κ1) is 26.8. The Balaban J connectivity index is 2.06. The maximum atomic E-state index is 11.6. The highest BCUT2D eigenvalue weighted by molar-refractivity contribution is 5.69. The van der Waals surface area contributed by atoms with Crippen LogP contribution < -0.4 is 0 Å². The summed E-state index contributed by atoms with van der Waals surface area (Å²) in [5, 5.41) is 31.3. The van der Waals surface area contributed by atoms with E-state index in [4.69, 9.17) is 9.15 Å². The Morgan fingerprint density at radius 1 is 1.09 bits per heavy atom. The van der Waals surface area contributed by atoms with E-state index in [1.807, 2.05) is 30.3 Å². The summed E-state index contributed by atoms with van der Waals surface area (Å²) in [5.74, 6) is 0.419. The molecule has 33 heavy (non-hydrogen) atoms. The zero-order valence-corrected chi connectivity index (χ0v) is 19.8. The molecule has 0 amide bonds. The molecule has 1 aromatic carbocycles. The number of oxazole rings is 1. The Kier molecular flexibility index (Phi) is 11.3. The minimum atomic E-state index is -1.15. The molecule has 1 heterocycles. The van der Waals surface area contributed by atoms with Gasteiger partial charge in [-0.1, -0.05) is 44.4 Å². The third-order valence-electron chi connectivity index (χ3n) is 5.19. The van der Waals surface area contributed by atoms with Crippen LogP contribution in [0.5, 0.6) is 0 Å². The van der Waals surface area contributed by atoms with Crippen LogP contribution in [0, 0.1) is 0 Å². The molecule has 0 unspecified atom stereocenters. The van der Waals surface area contributed by atoms with E-state index in [0.29, 0.717) is 30.2 Å². The van der Waals surface area contributed by atoms with E-state index < -0.39 is 18.3 Å². The summed E-state index contributed by atoms with van der Waals surface area (Å²) in [6.45, 7) is 5.66. The largest absolute Gasteiger partial charge is 0.463 e. The number of ether oxygens (including phenoxy) is 1. The molecule has 7 nitrogen and oxygen atoms in total. The normalized spacial score (nSPS) is 14.5. The fourth-order valence-corrected chi connectivity index (χ4v) is 3.39. The van der Waals surface area contributed by atoms with E-state index in [1.54, 1.807) is 19.9 Å². The Morgan fingerprint density at radius 2 is 1.82 bits per heavy atom. The lowest BCUT2D eigenvalue weighted by atomic mass is 10.0. The number of unbranched alkanes of at least 4 members (excludes halogenated alkanes) is 2. The molecule has 0 aliphatic rings. The molecule has 0 saturated carbocycles. The fraction of sp³-hybridized carbons (Fsp3) is 0.538. The number of nitrogens with zero attached hydrogens (tertiary/aromatic N) is 1. The minimum Gasteiger partial charge on any atom is -0.463 e. The summed E-state index contributed by atoms with van der Waals surface area (Å²) in [7, 11) is 0. The van der Waals surface area contributed by atoms with Crippen molar-refractivity contribution in [3.05, 3.63) is 47.9 Å². The minimum absolute atomic E-state index is 0.176.